The molecule has 0 bridgehead atoms. The van der Waals surface area contributed by atoms with Gasteiger partial charge in [0.1, 0.15) is 0 Å². The lowest BCUT2D eigenvalue weighted by Crippen LogP contribution is -2.59. The normalized spacial score (nSPS) is 25.9. The van der Waals surface area contributed by atoms with Gasteiger partial charge in [0.05, 0.1) is 6.04 Å². The van der Waals surface area contributed by atoms with Crippen molar-refractivity contribution >= 4 is 22.4 Å². The standard InChI is InChI=1S/C15H24N4OS/c1-15(2)4-3-5-16-12(15)13(20)18-7-9-19(10-8-18)14-17-6-11-21-14/h6,11-12,16H,3-5,7-10H2,1-2H3. The molecule has 0 aliphatic carbocycles. The van der Waals surface area contributed by atoms with Crippen molar-refractivity contribution in [3.8, 4) is 0 Å². The van der Waals surface area contributed by atoms with Gasteiger partial charge in [-0.05, 0) is 24.8 Å². The Bertz CT molecular complexity index is 480. The summed E-state index contributed by atoms with van der Waals surface area (Å²) >= 11 is 1.67. The van der Waals surface area contributed by atoms with Gasteiger partial charge < -0.3 is 15.1 Å². The molecule has 1 aromatic heterocycles. The van der Waals surface area contributed by atoms with E-state index in [4.69, 9.17) is 0 Å². The molecule has 2 saturated heterocycles. The summed E-state index contributed by atoms with van der Waals surface area (Å²) in [5.74, 6) is 0.276. The minimum atomic E-state index is -0.0299. The molecule has 6 heteroatoms. The topological polar surface area (TPSA) is 48.5 Å². The summed E-state index contributed by atoms with van der Waals surface area (Å²) in [7, 11) is 0. The summed E-state index contributed by atoms with van der Waals surface area (Å²) in [5, 5.41) is 6.50. The van der Waals surface area contributed by atoms with Crippen LogP contribution < -0.4 is 10.2 Å². The van der Waals surface area contributed by atoms with Crippen LogP contribution >= 0.6 is 11.3 Å². The van der Waals surface area contributed by atoms with Gasteiger partial charge in [-0.15, -0.1) is 11.3 Å². The number of hydrogen-bond acceptors (Lipinski definition) is 5. The highest BCUT2D eigenvalue weighted by Crippen LogP contribution is 2.31. The molecule has 2 fully saturated rings. The third kappa shape index (κ3) is 3.06. The number of aromatic nitrogens is 1. The van der Waals surface area contributed by atoms with Crippen LogP contribution in [0.25, 0.3) is 0 Å². The molecule has 1 N–H and O–H groups in total. The summed E-state index contributed by atoms with van der Waals surface area (Å²) < 4.78 is 0. The van der Waals surface area contributed by atoms with Crippen molar-refractivity contribution in [2.45, 2.75) is 32.7 Å². The molecule has 3 heterocycles. The van der Waals surface area contributed by atoms with E-state index in [0.29, 0.717) is 0 Å². The Morgan fingerprint density at radius 1 is 1.38 bits per heavy atom. The van der Waals surface area contributed by atoms with Gasteiger partial charge in [-0.3, -0.25) is 4.79 Å². The van der Waals surface area contributed by atoms with Crippen LogP contribution in [-0.4, -0.2) is 54.6 Å². The number of amides is 1. The van der Waals surface area contributed by atoms with Crippen molar-refractivity contribution in [2.24, 2.45) is 5.41 Å². The highest BCUT2D eigenvalue weighted by atomic mass is 32.1. The number of piperidine rings is 1. The first-order valence-corrected chi connectivity index (χ1v) is 8.62. The summed E-state index contributed by atoms with van der Waals surface area (Å²) in [4.78, 5) is 21.4. The third-order valence-electron chi connectivity index (χ3n) is 4.66. The number of carbonyl (C=O) groups is 1. The fourth-order valence-corrected chi connectivity index (χ4v) is 4.00. The lowest BCUT2D eigenvalue weighted by molar-refractivity contribution is -0.137. The molecule has 1 unspecified atom stereocenters. The zero-order valence-electron chi connectivity index (χ0n) is 12.8. The van der Waals surface area contributed by atoms with Crippen molar-refractivity contribution in [3.63, 3.8) is 0 Å². The minimum absolute atomic E-state index is 0.0299. The number of anilines is 1. The van der Waals surface area contributed by atoms with Crippen LogP contribution in [0.3, 0.4) is 0 Å². The molecule has 2 aliphatic heterocycles. The second-order valence-electron chi connectivity index (χ2n) is 6.61. The molecule has 1 aromatic rings. The van der Waals surface area contributed by atoms with E-state index < -0.39 is 0 Å². The average molecular weight is 308 g/mol. The van der Waals surface area contributed by atoms with Gasteiger partial charge in [-0.1, -0.05) is 13.8 Å². The monoisotopic (exact) mass is 308 g/mol. The zero-order chi connectivity index (χ0) is 14.9. The summed E-state index contributed by atoms with van der Waals surface area (Å²) in [6.45, 7) is 8.72. The maximum atomic E-state index is 12.8. The van der Waals surface area contributed by atoms with Crippen molar-refractivity contribution in [3.05, 3.63) is 11.6 Å². The average Bonchev–Trinajstić information content (AvgIpc) is 3.00. The highest BCUT2D eigenvalue weighted by Gasteiger charge is 2.39. The maximum absolute atomic E-state index is 12.8. The van der Waals surface area contributed by atoms with Crippen LogP contribution in [0, 0.1) is 5.41 Å². The van der Waals surface area contributed by atoms with E-state index in [9.17, 15) is 4.79 Å². The Morgan fingerprint density at radius 2 is 2.14 bits per heavy atom. The van der Waals surface area contributed by atoms with Crippen molar-refractivity contribution in [1.29, 1.82) is 0 Å². The Hall–Kier alpha value is -1.14. The van der Waals surface area contributed by atoms with Crippen molar-refractivity contribution in [1.82, 2.24) is 15.2 Å². The van der Waals surface area contributed by atoms with Gasteiger partial charge in [0.2, 0.25) is 5.91 Å². The summed E-state index contributed by atoms with van der Waals surface area (Å²) in [5.41, 5.74) is 0.0573. The van der Waals surface area contributed by atoms with Gasteiger partial charge in [-0.2, -0.15) is 0 Å². The quantitative estimate of drug-likeness (QED) is 0.901. The van der Waals surface area contributed by atoms with Crippen LogP contribution in [0.1, 0.15) is 26.7 Å². The third-order valence-corrected chi connectivity index (χ3v) is 5.49. The van der Waals surface area contributed by atoms with Crippen LogP contribution in [0.2, 0.25) is 0 Å². The predicted molar refractivity (Wildman–Crippen MR) is 85.7 cm³/mol. The van der Waals surface area contributed by atoms with Gasteiger partial charge in [0.25, 0.3) is 0 Å². The summed E-state index contributed by atoms with van der Waals surface area (Å²) in [6, 6.07) is -0.0299. The molecule has 5 nitrogen and oxygen atoms in total. The lowest BCUT2D eigenvalue weighted by Gasteiger charge is -2.43. The van der Waals surface area contributed by atoms with E-state index in [1.54, 1.807) is 11.3 Å². The van der Waals surface area contributed by atoms with E-state index in [-0.39, 0.29) is 17.4 Å². The Labute approximate surface area is 130 Å². The first-order chi connectivity index (χ1) is 10.1. The van der Waals surface area contributed by atoms with Crippen LogP contribution in [0.5, 0.6) is 0 Å². The van der Waals surface area contributed by atoms with Gasteiger partial charge in [0, 0.05) is 37.8 Å². The molecule has 2 aliphatic rings. The Morgan fingerprint density at radius 3 is 2.76 bits per heavy atom. The Kier molecular flexibility index (Phi) is 4.17. The number of hydrogen-bond donors (Lipinski definition) is 1. The molecule has 116 valence electrons. The maximum Gasteiger partial charge on any atom is 0.240 e. The molecular formula is C15H24N4OS. The summed E-state index contributed by atoms with van der Waals surface area (Å²) in [6.07, 6.45) is 4.12. The zero-order valence-corrected chi connectivity index (χ0v) is 13.7. The molecule has 0 saturated carbocycles. The SMILES string of the molecule is CC1(C)CCCNC1C(=O)N1CCN(c2nccs2)CC1. The number of rotatable bonds is 2. The molecule has 0 radical (unpaired) electrons. The van der Waals surface area contributed by atoms with E-state index in [1.807, 2.05) is 16.5 Å². The highest BCUT2D eigenvalue weighted by molar-refractivity contribution is 7.13. The molecule has 1 amide bonds. The minimum Gasteiger partial charge on any atom is -0.345 e. The van der Waals surface area contributed by atoms with Crippen molar-refractivity contribution in [2.75, 3.05) is 37.6 Å². The second kappa shape index (κ2) is 5.93. The van der Waals surface area contributed by atoms with Crippen LogP contribution in [0.4, 0.5) is 5.13 Å². The molecule has 0 aromatic carbocycles. The number of piperazine rings is 1. The molecule has 1 atom stereocenters. The Balaban J connectivity index is 1.60. The van der Waals surface area contributed by atoms with Crippen molar-refractivity contribution < 1.29 is 4.79 Å². The predicted octanol–water partition coefficient (Wildman–Crippen LogP) is 1.57. The smallest absolute Gasteiger partial charge is 0.240 e. The number of nitrogens with zero attached hydrogens (tertiary/aromatic N) is 3. The largest absolute Gasteiger partial charge is 0.345 e. The van der Waals surface area contributed by atoms with Gasteiger partial charge in [0.15, 0.2) is 5.13 Å². The van der Waals surface area contributed by atoms with Gasteiger partial charge in [-0.25, -0.2) is 4.98 Å². The number of thiazole rings is 1. The first-order valence-electron chi connectivity index (χ1n) is 7.74. The molecular weight excluding hydrogens is 284 g/mol. The molecule has 3 rings (SSSR count). The van der Waals surface area contributed by atoms with Gasteiger partial charge >= 0.3 is 0 Å². The lowest BCUT2D eigenvalue weighted by atomic mass is 9.77. The molecule has 0 spiro atoms. The second-order valence-corrected chi connectivity index (χ2v) is 7.48. The first kappa shape index (κ1) is 14.8. The fourth-order valence-electron chi connectivity index (χ4n) is 3.31. The number of nitrogens with one attached hydrogen (secondary N) is 1. The van der Waals surface area contributed by atoms with E-state index >= 15 is 0 Å². The fraction of sp³-hybridized carbons (Fsp3) is 0.733. The van der Waals surface area contributed by atoms with E-state index in [1.165, 1.54) is 0 Å². The van der Waals surface area contributed by atoms with E-state index in [0.717, 1.165) is 50.7 Å². The van der Waals surface area contributed by atoms with Crippen LogP contribution in [0.15, 0.2) is 11.6 Å². The van der Waals surface area contributed by atoms with Crippen LogP contribution in [-0.2, 0) is 4.79 Å². The number of carbonyl (C=O) groups excluding carboxylic acids is 1. The van der Waals surface area contributed by atoms with E-state index in [2.05, 4.69) is 29.0 Å². The molecule has 21 heavy (non-hydrogen) atoms.